The molecule has 2 amide bonds. The first kappa shape index (κ1) is 14.9. The molecule has 2 N–H and O–H groups in total. The Bertz CT molecular complexity index is 511. The van der Waals surface area contributed by atoms with E-state index >= 15 is 0 Å². The minimum atomic E-state index is -0.160. The minimum Gasteiger partial charge on any atom is -0.338 e. The second-order valence-corrected chi connectivity index (χ2v) is 5.63. The standard InChI is InChI=1S/C16H21ClN2O/c1-12-11-14(17)7-8-15(12)19-16(20)18-10-9-13-5-3-2-4-6-13/h5,7-8,11H,2-4,6,9-10H2,1H3,(H2,18,19,20). The van der Waals surface area contributed by atoms with Gasteiger partial charge in [0.15, 0.2) is 0 Å². The zero-order chi connectivity index (χ0) is 14.4. The van der Waals surface area contributed by atoms with Crippen LogP contribution >= 0.6 is 11.6 Å². The molecule has 3 nitrogen and oxygen atoms in total. The number of allylic oxidation sites excluding steroid dienone is 1. The minimum absolute atomic E-state index is 0.160. The summed E-state index contributed by atoms with van der Waals surface area (Å²) in [6, 6.07) is 5.27. The van der Waals surface area contributed by atoms with E-state index in [1.54, 1.807) is 6.07 Å². The van der Waals surface area contributed by atoms with Crippen LogP contribution in [0, 0.1) is 6.92 Å². The van der Waals surface area contributed by atoms with Gasteiger partial charge >= 0.3 is 6.03 Å². The number of hydrogen-bond donors (Lipinski definition) is 2. The Balaban J connectivity index is 1.76. The fraction of sp³-hybridized carbons (Fsp3) is 0.438. The van der Waals surface area contributed by atoms with E-state index in [0.29, 0.717) is 11.6 Å². The summed E-state index contributed by atoms with van der Waals surface area (Å²) >= 11 is 5.89. The molecular weight excluding hydrogens is 272 g/mol. The molecule has 0 saturated heterocycles. The number of carbonyl (C=O) groups excluding carboxylic acids is 1. The van der Waals surface area contributed by atoms with Crippen molar-refractivity contribution >= 4 is 23.3 Å². The molecule has 4 heteroatoms. The zero-order valence-corrected chi connectivity index (χ0v) is 12.6. The fourth-order valence-corrected chi connectivity index (χ4v) is 2.63. The van der Waals surface area contributed by atoms with Crippen molar-refractivity contribution in [3.8, 4) is 0 Å². The van der Waals surface area contributed by atoms with Crippen LogP contribution in [0.25, 0.3) is 0 Å². The molecule has 1 aliphatic carbocycles. The molecule has 0 fully saturated rings. The molecule has 20 heavy (non-hydrogen) atoms. The molecule has 0 atom stereocenters. The summed E-state index contributed by atoms with van der Waals surface area (Å²) in [4.78, 5) is 11.8. The highest BCUT2D eigenvalue weighted by atomic mass is 35.5. The van der Waals surface area contributed by atoms with Crippen LogP contribution in [0.5, 0.6) is 0 Å². The number of amides is 2. The van der Waals surface area contributed by atoms with E-state index in [9.17, 15) is 4.79 Å². The third-order valence-electron chi connectivity index (χ3n) is 3.55. The van der Waals surface area contributed by atoms with Gasteiger partial charge in [-0.1, -0.05) is 23.3 Å². The van der Waals surface area contributed by atoms with Gasteiger partial charge in [0, 0.05) is 17.3 Å². The van der Waals surface area contributed by atoms with Crippen molar-refractivity contribution in [2.45, 2.75) is 39.0 Å². The van der Waals surface area contributed by atoms with E-state index in [0.717, 1.165) is 17.7 Å². The predicted octanol–water partition coefficient (Wildman–Crippen LogP) is 4.66. The first-order valence-corrected chi connectivity index (χ1v) is 7.52. The summed E-state index contributed by atoms with van der Waals surface area (Å²) in [5.74, 6) is 0. The van der Waals surface area contributed by atoms with Crippen LogP contribution in [0.15, 0.2) is 29.8 Å². The van der Waals surface area contributed by atoms with Crippen molar-refractivity contribution in [1.29, 1.82) is 0 Å². The zero-order valence-electron chi connectivity index (χ0n) is 11.8. The Hall–Kier alpha value is -1.48. The van der Waals surface area contributed by atoms with Gasteiger partial charge in [-0.15, -0.1) is 0 Å². The molecule has 0 saturated carbocycles. The monoisotopic (exact) mass is 292 g/mol. The lowest BCUT2D eigenvalue weighted by atomic mass is 9.97. The van der Waals surface area contributed by atoms with Crippen LogP contribution < -0.4 is 10.6 Å². The average Bonchev–Trinajstić information content (AvgIpc) is 2.43. The Morgan fingerprint density at radius 3 is 2.90 bits per heavy atom. The van der Waals surface area contributed by atoms with Crippen molar-refractivity contribution in [2.75, 3.05) is 11.9 Å². The molecule has 0 aromatic heterocycles. The number of carbonyl (C=O) groups is 1. The molecule has 0 unspecified atom stereocenters. The number of urea groups is 1. The van der Waals surface area contributed by atoms with Gasteiger partial charge in [0.2, 0.25) is 0 Å². The maximum atomic E-state index is 11.8. The largest absolute Gasteiger partial charge is 0.338 e. The Morgan fingerprint density at radius 2 is 2.20 bits per heavy atom. The van der Waals surface area contributed by atoms with Crippen LogP contribution in [-0.2, 0) is 0 Å². The van der Waals surface area contributed by atoms with Crippen LogP contribution in [0.4, 0.5) is 10.5 Å². The molecule has 108 valence electrons. The number of anilines is 1. The van der Waals surface area contributed by atoms with E-state index in [-0.39, 0.29) is 6.03 Å². The van der Waals surface area contributed by atoms with Gasteiger partial charge in [0.1, 0.15) is 0 Å². The molecule has 0 aliphatic heterocycles. The SMILES string of the molecule is Cc1cc(Cl)ccc1NC(=O)NCCC1=CCCCC1. The maximum absolute atomic E-state index is 11.8. The Kier molecular flexibility index (Phi) is 5.48. The molecule has 0 heterocycles. The molecule has 0 bridgehead atoms. The second kappa shape index (κ2) is 7.34. The van der Waals surface area contributed by atoms with Crippen LogP contribution in [0.1, 0.15) is 37.7 Å². The second-order valence-electron chi connectivity index (χ2n) is 5.20. The van der Waals surface area contributed by atoms with Gasteiger partial charge in [-0.2, -0.15) is 0 Å². The van der Waals surface area contributed by atoms with Crippen LogP contribution in [0.2, 0.25) is 5.02 Å². The van der Waals surface area contributed by atoms with Crippen molar-refractivity contribution in [2.24, 2.45) is 0 Å². The fourth-order valence-electron chi connectivity index (χ4n) is 2.40. The lowest BCUT2D eigenvalue weighted by Crippen LogP contribution is -2.30. The molecule has 2 rings (SSSR count). The first-order valence-electron chi connectivity index (χ1n) is 7.14. The van der Waals surface area contributed by atoms with Gasteiger partial charge in [-0.05, 0) is 62.8 Å². The molecule has 1 aromatic rings. The smallest absolute Gasteiger partial charge is 0.319 e. The Labute approximate surface area is 125 Å². The average molecular weight is 293 g/mol. The van der Waals surface area contributed by atoms with Gasteiger partial charge in [0.05, 0.1) is 0 Å². The van der Waals surface area contributed by atoms with Gasteiger partial charge in [-0.25, -0.2) is 4.79 Å². The molecular formula is C16H21ClN2O. The van der Waals surface area contributed by atoms with Gasteiger partial charge in [-0.3, -0.25) is 0 Å². The molecule has 0 spiro atoms. The summed E-state index contributed by atoms with van der Waals surface area (Å²) in [6.07, 6.45) is 8.21. The van der Waals surface area contributed by atoms with Gasteiger partial charge < -0.3 is 10.6 Å². The number of nitrogens with one attached hydrogen (secondary N) is 2. The van der Waals surface area contributed by atoms with Crippen molar-refractivity contribution in [3.05, 3.63) is 40.4 Å². The quantitative estimate of drug-likeness (QED) is 0.779. The number of aryl methyl sites for hydroxylation is 1. The van der Waals surface area contributed by atoms with Crippen molar-refractivity contribution in [1.82, 2.24) is 5.32 Å². The van der Waals surface area contributed by atoms with Gasteiger partial charge in [0.25, 0.3) is 0 Å². The predicted molar refractivity (Wildman–Crippen MR) is 84.4 cm³/mol. The third kappa shape index (κ3) is 4.57. The summed E-state index contributed by atoms with van der Waals surface area (Å²) in [5, 5.41) is 6.42. The number of rotatable bonds is 4. The summed E-state index contributed by atoms with van der Waals surface area (Å²) in [7, 11) is 0. The topological polar surface area (TPSA) is 41.1 Å². The number of hydrogen-bond acceptors (Lipinski definition) is 1. The third-order valence-corrected chi connectivity index (χ3v) is 3.79. The van der Waals surface area contributed by atoms with E-state index < -0.39 is 0 Å². The number of benzene rings is 1. The molecule has 0 radical (unpaired) electrons. The van der Waals surface area contributed by atoms with E-state index in [1.807, 2.05) is 19.1 Å². The normalized spacial score (nSPS) is 14.6. The Morgan fingerprint density at radius 1 is 1.35 bits per heavy atom. The lowest BCUT2D eigenvalue weighted by Gasteiger charge is -2.14. The van der Waals surface area contributed by atoms with E-state index in [1.165, 1.54) is 31.3 Å². The highest BCUT2D eigenvalue weighted by Crippen LogP contribution is 2.20. The summed E-state index contributed by atoms with van der Waals surface area (Å²) in [6.45, 7) is 2.61. The first-order chi connectivity index (χ1) is 9.65. The van der Waals surface area contributed by atoms with Crippen molar-refractivity contribution in [3.63, 3.8) is 0 Å². The highest BCUT2D eigenvalue weighted by Gasteiger charge is 2.06. The number of halogens is 1. The van der Waals surface area contributed by atoms with E-state index in [2.05, 4.69) is 16.7 Å². The molecule has 1 aromatic carbocycles. The van der Waals surface area contributed by atoms with E-state index in [4.69, 9.17) is 11.6 Å². The summed E-state index contributed by atoms with van der Waals surface area (Å²) < 4.78 is 0. The highest BCUT2D eigenvalue weighted by molar-refractivity contribution is 6.30. The lowest BCUT2D eigenvalue weighted by molar-refractivity contribution is 0.252. The van der Waals surface area contributed by atoms with Crippen molar-refractivity contribution < 1.29 is 4.79 Å². The summed E-state index contributed by atoms with van der Waals surface area (Å²) in [5.41, 5.74) is 3.23. The van der Waals surface area contributed by atoms with Crippen LogP contribution in [0.3, 0.4) is 0 Å². The van der Waals surface area contributed by atoms with Crippen LogP contribution in [-0.4, -0.2) is 12.6 Å². The maximum Gasteiger partial charge on any atom is 0.319 e. The molecule has 1 aliphatic rings.